The summed E-state index contributed by atoms with van der Waals surface area (Å²) in [4.78, 5) is 26.6. The molecule has 31 heavy (non-hydrogen) atoms. The van der Waals surface area contributed by atoms with E-state index in [9.17, 15) is 9.59 Å². The maximum Gasteiger partial charge on any atom is 0.243 e. The number of carbonyl (C=O) groups excluding carboxylic acids is 2. The number of carbonyl (C=O) groups is 2. The van der Waals surface area contributed by atoms with Crippen molar-refractivity contribution in [2.45, 2.75) is 76.8 Å². The van der Waals surface area contributed by atoms with Gasteiger partial charge in [-0.05, 0) is 29.9 Å². The Bertz CT molecular complexity index is 772. The zero-order valence-electron chi connectivity index (χ0n) is 18.8. The molecule has 3 rings (SSSR count). The molecule has 0 aliphatic heterocycles. The van der Waals surface area contributed by atoms with Gasteiger partial charge < -0.3 is 10.6 Å². The summed E-state index contributed by atoms with van der Waals surface area (Å²) < 4.78 is 0. The molecule has 1 atom stereocenters. The van der Waals surface area contributed by atoms with Crippen molar-refractivity contribution in [1.82, 2.24) is 10.6 Å². The molecular formula is C27H36N2O2. The highest BCUT2D eigenvalue weighted by atomic mass is 16.2. The van der Waals surface area contributed by atoms with Gasteiger partial charge in [0.1, 0.15) is 6.04 Å². The quantitative estimate of drug-likeness (QED) is 0.648. The SMILES string of the molecule is CC(C)C(NC(=O)C(c1ccccc1)c1ccccc1)C(=O)NC1CCCCCCC1. The largest absolute Gasteiger partial charge is 0.352 e. The lowest BCUT2D eigenvalue weighted by molar-refractivity contribution is -0.130. The summed E-state index contributed by atoms with van der Waals surface area (Å²) in [5.41, 5.74) is 1.85. The molecule has 1 fully saturated rings. The maximum absolute atomic E-state index is 13.5. The van der Waals surface area contributed by atoms with Gasteiger partial charge in [-0.15, -0.1) is 0 Å². The van der Waals surface area contributed by atoms with Crippen molar-refractivity contribution in [1.29, 1.82) is 0 Å². The highest BCUT2D eigenvalue weighted by Crippen LogP contribution is 2.25. The van der Waals surface area contributed by atoms with Gasteiger partial charge in [0.2, 0.25) is 11.8 Å². The normalized spacial score (nSPS) is 16.4. The molecule has 4 heteroatoms. The van der Waals surface area contributed by atoms with Crippen LogP contribution < -0.4 is 10.6 Å². The predicted octanol–water partition coefficient (Wildman–Crippen LogP) is 5.19. The van der Waals surface area contributed by atoms with Crippen molar-refractivity contribution in [2.24, 2.45) is 5.92 Å². The van der Waals surface area contributed by atoms with Crippen LogP contribution in [0.3, 0.4) is 0 Å². The molecule has 1 aliphatic rings. The lowest BCUT2D eigenvalue weighted by Gasteiger charge is -2.28. The van der Waals surface area contributed by atoms with Crippen LogP contribution in [0.2, 0.25) is 0 Å². The van der Waals surface area contributed by atoms with Crippen LogP contribution in [0.5, 0.6) is 0 Å². The zero-order chi connectivity index (χ0) is 22.1. The Morgan fingerprint density at radius 2 is 1.23 bits per heavy atom. The molecule has 166 valence electrons. The average molecular weight is 421 g/mol. The van der Waals surface area contributed by atoms with E-state index in [0.29, 0.717) is 0 Å². The van der Waals surface area contributed by atoms with Gasteiger partial charge in [-0.1, -0.05) is 107 Å². The van der Waals surface area contributed by atoms with Crippen molar-refractivity contribution < 1.29 is 9.59 Å². The fraction of sp³-hybridized carbons (Fsp3) is 0.481. The second-order valence-electron chi connectivity index (χ2n) is 9.04. The van der Waals surface area contributed by atoms with Crippen LogP contribution in [0.25, 0.3) is 0 Å². The molecule has 0 saturated heterocycles. The molecule has 0 bridgehead atoms. The van der Waals surface area contributed by atoms with Crippen LogP contribution in [-0.4, -0.2) is 23.9 Å². The summed E-state index contributed by atoms with van der Waals surface area (Å²) in [5, 5.41) is 6.32. The fourth-order valence-electron chi connectivity index (χ4n) is 4.45. The molecule has 2 aromatic rings. The Hall–Kier alpha value is -2.62. The van der Waals surface area contributed by atoms with Crippen LogP contribution in [0.1, 0.15) is 75.8 Å². The molecule has 0 radical (unpaired) electrons. The molecule has 1 aliphatic carbocycles. The van der Waals surface area contributed by atoms with Gasteiger partial charge in [-0.2, -0.15) is 0 Å². The lowest BCUT2D eigenvalue weighted by Crippen LogP contribution is -2.53. The van der Waals surface area contributed by atoms with Crippen molar-refractivity contribution in [3.05, 3.63) is 71.8 Å². The third-order valence-electron chi connectivity index (χ3n) is 6.23. The summed E-state index contributed by atoms with van der Waals surface area (Å²) in [7, 11) is 0. The van der Waals surface area contributed by atoms with E-state index in [2.05, 4.69) is 10.6 Å². The zero-order valence-corrected chi connectivity index (χ0v) is 18.8. The standard InChI is InChI=1S/C27H36N2O2/c1-20(2)25(27(31)28-23-18-12-4-3-5-13-19-23)29-26(30)24(21-14-8-6-9-15-21)22-16-10-7-11-17-22/h6-11,14-17,20,23-25H,3-5,12-13,18-19H2,1-2H3,(H,28,31)(H,29,30). The first-order valence-corrected chi connectivity index (χ1v) is 11.8. The molecule has 0 spiro atoms. The van der Waals surface area contributed by atoms with Gasteiger partial charge in [-0.25, -0.2) is 0 Å². The predicted molar refractivity (Wildman–Crippen MR) is 126 cm³/mol. The van der Waals surface area contributed by atoms with E-state index in [1.54, 1.807) is 0 Å². The Labute approximate surface area is 186 Å². The summed E-state index contributed by atoms with van der Waals surface area (Å²) in [5.74, 6) is -0.639. The van der Waals surface area contributed by atoms with Crippen molar-refractivity contribution in [2.75, 3.05) is 0 Å². The summed E-state index contributed by atoms with van der Waals surface area (Å²) in [6, 6.07) is 19.2. The highest BCUT2D eigenvalue weighted by molar-refractivity contribution is 5.92. The van der Waals surface area contributed by atoms with Crippen LogP contribution in [0.4, 0.5) is 0 Å². The topological polar surface area (TPSA) is 58.2 Å². The second-order valence-corrected chi connectivity index (χ2v) is 9.04. The first kappa shape index (κ1) is 23.1. The summed E-state index contributed by atoms with van der Waals surface area (Å²) in [6.07, 6.45) is 8.16. The Kier molecular flexibility index (Phi) is 8.69. The molecule has 0 aromatic heterocycles. The van der Waals surface area contributed by atoms with E-state index < -0.39 is 12.0 Å². The Balaban J connectivity index is 1.75. The lowest BCUT2D eigenvalue weighted by atomic mass is 9.89. The molecular weight excluding hydrogens is 384 g/mol. The molecule has 0 heterocycles. The molecule has 2 amide bonds. The number of rotatable bonds is 7. The molecule has 2 N–H and O–H groups in total. The smallest absolute Gasteiger partial charge is 0.243 e. The average Bonchev–Trinajstić information content (AvgIpc) is 2.75. The van der Waals surface area contributed by atoms with Gasteiger partial charge >= 0.3 is 0 Å². The molecule has 4 nitrogen and oxygen atoms in total. The van der Waals surface area contributed by atoms with E-state index >= 15 is 0 Å². The van der Waals surface area contributed by atoms with E-state index in [-0.39, 0.29) is 23.8 Å². The summed E-state index contributed by atoms with van der Waals surface area (Å²) >= 11 is 0. The monoisotopic (exact) mass is 420 g/mol. The third kappa shape index (κ3) is 6.68. The van der Waals surface area contributed by atoms with E-state index in [0.717, 1.165) is 36.8 Å². The number of benzene rings is 2. The van der Waals surface area contributed by atoms with Gasteiger partial charge in [0.15, 0.2) is 0 Å². The van der Waals surface area contributed by atoms with Gasteiger partial charge in [0.25, 0.3) is 0 Å². The van der Waals surface area contributed by atoms with E-state index in [4.69, 9.17) is 0 Å². The first-order valence-electron chi connectivity index (χ1n) is 11.8. The highest BCUT2D eigenvalue weighted by Gasteiger charge is 2.30. The second kappa shape index (κ2) is 11.7. The molecule has 1 saturated carbocycles. The molecule has 2 aromatic carbocycles. The Morgan fingerprint density at radius 3 is 1.71 bits per heavy atom. The number of hydrogen-bond donors (Lipinski definition) is 2. The number of nitrogens with one attached hydrogen (secondary N) is 2. The maximum atomic E-state index is 13.5. The van der Waals surface area contributed by atoms with E-state index in [1.807, 2.05) is 74.5 Å². The van der Waals surface area contributed by atoms with Crippen LogP contribution in [0.15, 0.2) is 60.7 Å². The first-order chi connectivity index (χ1) is 15.1. The Morgan fingerprint density at radius 1 is 0.742 bits per heavy atom. The van der Waals surface area contributed by atoms with E-state index in [1.165, 1.54) is 19.3 Å². The van der Waals surface area contributed by atoms with Gasteiger partial charge in [0, 0.05) is 6.04 Å². The summed E-state index contributed by atoms with van der Waals surface area (Å²) in [6.45, 7) is 3.98. The molecule has 1 unspecified atom stereocenters. The van der Waals surface area contributed by atoms with Crippen molar-refractivity contribution in [3.63, 3.8) is 0 Å². The third-order valence-corrected chi connectivity index (χ3v) is 6.23. The van der Waals surface area contributed by atoms with Crippen LogP contribution in [0, 0.1) is 5.92 Å². The van der Waals surface area contributed by atoms with Crippen molar-refractivity contribution in [3.8, 4) is 0 Å². The number of amides is 2. The van der Waals surface area contributed by atoms with Crippen molar-refractivity contribution >= 4 is 11.8 Å². The minimum Gasteiger partial charge on any atom is -0.352 e. The van der Waals surface area contributed by atoms with Gasteiger partial charge in [-0.3, -0.25) is 9.59 Å². The fourth-order valence-corrected chi connectivity index (χ4v) is 4.45. The minimum atomic E-state index is -0.548. The van der Waals surface area contributed by atoms with Crippen LogP contribution >= 0.6 is 0 Å². The minimum absolute atomic E-state index is 0.00435. The van der Waals surface area contributed by atoms with Gasteiger partial charge in [0.05, 0.1) is 5.92 Å². The van der Waals surface area contributed by atoms with Crippen LogP contribution in [-0.2, 0) is 9.59 Å². The number of hydrogen-bond acceptors (Lipinski definition) is 2.